The SMILES string of the molecule is COc1ccc(/C(=C/c2ccc(OCC(C)C)cc2)C(=O)O)cc1C. The lowest BCUT2D eigenvalue weighted by Crippen LogP contribution is -2.04. The molecule has 2 rings (SSSR count). The summed E-state index contributed by atoms with van der Waals surface area (Å²) in [4.78, 5) is 11.7. The lowest BCUT2D eigenvalue weighted by Gasteiger charge is -2.10. The highest BCUT2D eigenvalue weighted by atomic mass is 16.5. The molecule has 132 valence electrons. The van der Waals surface area contributed by atoms with Crippen molar-refractivity contribution < 1.29 is 19.4 Å². The van der Waals surface area contributed by atoms with Crippen molar-refractivity contribution in [3.63, 3.8) is 0 Å². The first-order valence-electron chi connectivity index (χ1n) is 8.23. The van der Waals surface area contributed by atoms with Gasteiger partial charge in [0.05, 0.1) is 19.3 Å². The fourth-order valence-corrected chi connectivity index (χ4v) is 2.40. The van der Waals surface area contributed by atoms with E-state index in [9.17, 15) is 9.90 Å². The van der Waals surface area contributed by atoms with Gasteiger partial charge in [0.1, 0.15) is 11.5 Å². The van der Waals surface area contributed by atoms with Gasteiger partial charge in [-0.2, -0.15) is 0 Å². The van der Waals surface area contributed by atoms with Crippen LogP contribution < -0.4 is 9.47 Å². The molecule has 0 radical (unpaired) electrons. The molecule has 0 aliphatic rings. The normalized spacial score (nSPS) is 11.5. The number of ether oxygens (including phenoxy) is 2. The quantitative estimate of drug-likeness (QED) is 0.588. The number of hydrogen-bond acceptors (Lipinski definition) is 3. The lowest BCUT2D eigenvalue weighted by molar-refractivity contribution is -0.130. The fraction of sp³-hybridized carbons (Fsp3) is 0.286. The Balaban J connectivity index is 2.28. The number of aryl methyl sites for hydroxylation is 1. The van der Waals surface area contributed by atoms with Crippen LogP contribution in [-0.2, 0) is 4.79 Å². The molecule has 4 heteroatoms. The molecule has 4 nitrogen and oxygen atoms in total. The summed E-state index contributed by atoms with van der Waals surface area (Å²) >= 11 is 0. The van der Waals surface area contributed by atoms with Crippen molar-refractivity contribution in [3.05, 3.63) is 59.2 Å². The van der Waals surface area contributed by atoms with Crippen molar-refractivity contribution in [1.29, 1.82) is 0 Å². The van der Waals surface area contributed by atoms with E-state index in [4.69, 9.17) is 9.47 Å². The van der Waals surface area contributed by atoms with E-state index >= 15 is 0 Å². The second-order valence-electron chi connectivity index (χ2n) is 6.32. The maximum atomic E-state index is 11.7. The highest BCUT2D eigenvalue weighted by Gasteiger charge is 2.12. The maximum absolute atomic E-state index is 11.7. The molecule has 0 saturated carbocycles. The number of carbonyl (C=O) groups is 1. The second-order valence-corrected chi connectivity index (χ2v) is 6.32. The van der Waals surface area contributed by atoms with Gasteiger partial charge >= 0.3 is 5.97 Å². The minimum atomic E-state index is -0.968. The molecular weight excluding hydrogens is 316 g/mol. The van der Waals surface area contributed by atoms with E-state index in [1.807, 2.05) is 37.3 Å². The van der Waals surface area contributed by atoms with Crippen molar-refractivity contribution in [3.8, 4) is 11.5 Å². The van der Waals surface area contributed by atoms with Crippen molar-refractivity contribution >= 4 is 17.6 Å². The molecule has 0 aliphatic heterocycles. The van der Waals surface area contributed by atoms with Crippen LogP contribution in [0.1, 0.15) is 30.5 Å². The van der Waals surface area contributed by atoms with Crippen molar-refractivity contribution in [2.45, 2.75) is 20.8 Å². The molecule has 0 saturated heterocycles. The Bertz CT molecular complexity index is 758. The van der Waals surface area contributed by atoms with Gasteiger partial charge in [-0.25, -0.2) is 4.79 Å². The highest BCUT2D eigenvalue weighted by molar-refractivity contribution is 6.20. The molecule has 2 aromatic rings. The number of benzene rings is 2. The summed E-state index contributed by atoms with van der Waals surface area (Å²) in [6.07, 6.45) is 1.66. The summed E-state index contributed by atoms with van der Waals surface area (Å²) in [7, 11) is 1.60. The Labute approximate surface area is 148 Å². The monoisotopic (exact) mass is 340 g/mol. The Morgan fingerprint density at radius 2 is 1.84 bits per heavy atom. The molecule has 0 atom stereocenters. The third-order valence-electron chi connectivity index (χ3n) is 3.71. The Morgan fingerprint density at radius 1 is 1.16 bits per heavy atom. The number of hydrogen-bond donors (Lipinski definition) is 1. The fourth-order valence-electron chi connectivity index (χ4n) is 2.40. The van der Waals surface area contributed by atoms with Crippen LogP contribution in [-0.4, -0.2) is 24.8 Å². The van der Waals surface area contributed by atoms with E-state index in [0.29, 0.717) is 18.1 Å². The maximum Gasteiger partial charge on any atom is 0.336 e. The first kappa shape index (κ1) is 18.6. The first-order chi connectivity index (χ1) is 11.9. The summed E-state index contributed by atoms with van der Waals surface area (Å²) in [5.74, 6) is 1.00. The summed E-state index contributed by atoms with van der Waals surface area (Å²) in [6.45, 7) is 6.73. The predicted molar refractivity (Wildman–Crippen MR) is 100 cm³/mol. The lowest BCUT2D eigenvalue weighted by atomic mass is 10.0. The Hall–Kier alpha value is -2.75. The van der Waals surface area contributed by atoms with Gasteiger partial charge in [0, 0.05) is 0 Å². The van der Waals surface area contributed by atoms with Crippen LogP contribution in [0, 0.1) is 12.8 Å². The summed E-state index contributed by atoms with van der Waals surface area (Å²) in [6, 6.07) is 12.8. The van der Waals surface area contributed by atoms with Gasteiger partial charge in [0.15, 0.2) is 0 Å². The summed E-state index contributed by atoms with van der Waals surface area (Å²) in [5, 5.41) is 9.58. The van der Waals surface area contributed by atoms with E-state index in [1.54, 1.807) is 25.3 Å². The zero-order valence-corrected chi connectivity index (χ0v) is 15.1. The average Bonchev–Trinajstić information content (AvgIpc) is 2.58. The van der Waals surface area contributed by atoms with E-state index in [-0.39, 0.29) is 5.57 Å². The van der Waals surface area contributed by atoms with E-state index in [1.165, 1.54) is 0 Å². The second kappa shape index (κ2) is 8.38. The van der Waals surface area contributed by atoms with Gasteiger partial charge in [0.2, 0.25) is 0 Å². The van der Waals surface area contributed by atoms with Gasteiger partial charge in [-0.3, -0.25) is 0 Å². The molecule has 0 amide bonds. The smallest absolute Gasteiger partial charge is 0.336 e. The molecule has 0 spiro atoms. The van der Waals surface area contributed by atoms with Gasteiger partial charge in [-0.05, 0) is 59.9 Å². The van der Waals surface area contributed by atoms with Crippen LogP contribution in [0.4, 0.5) is 0 Å². The van der Waals surface area contributed by atoms with Gasteiger partial charge in [0.25, 0.3) is 0 Å². The van der Waals surface area contributed by atoms with Crippen molar-refractivity contribution in [1.82, 2.24) is 0 Å². The van der Waals surface area contributed by atoms with E-state index < -0.39 is 5.97 Å². The molecular formula is C21H24O4. The molecule has 25 heavy (non-hydrogen) atoms. The number of carboxylic acids is 1. The summed E-state index contributed by atoms with van der Waals surface area (Å²) in [5.41, 5.74) is 2.58. The molecule has 1 N–H and O–H groups in total. The number of rotatable bonds is 7. The van der Waals surface area contributed by atoms with Gasteiger partial charge in [-0.1, -0.05) is 32.0 Å². The predicted octanol–water partition coefficient (Wildman–Crippen LogP) is 4.66. The number of carboxylic acid groups (broad SMARTS) is 1. The molecule has 0 aromatic heterocycles. The number of aliphatic carboxylic acids is 1. The van der Waals surface area contributed by atoms with Crippen LogP contribution in [0.2, 0.25) is 0 Å². The standard InChI is InChI=1S/C21H24O4/c1-14(2)13-25-18-8-5-16(6-9-18)12-19(21(22)23)17-7-10-20(24-4)15(3)11-17/h5-12,14H,13H2,1-4H3,(H,22,23)/b19-12-. The Kier molecular flexibility index (Phi) is 6.23. The van der Waals surface area contributed by atoms with Crippen LogP contribution in [0.3, 0.4) is 0 Å². The minimum absolute atomic E-state index is 0.238. The van der Waals surface area contributed by atoms with Gasteiger partial charge in [-0.15, -0.1) is 0 Å². The zero-order chi connectivity index (χ0) is 18.4. The van der Waals surface area contributed by atoms with Crippen molar-refractivity contribution in [2.24, 2.45) is 5.92 Å². The highest BCUT2D eigenvalue weighted by Crippen LogP contribution is 2.25. The third-order valence-corrected chi connectivity index (χ3v) is 3.71. The minimum Gasteiger partial charge on any atom is -0.496 e. The summed E-state index contributed by atoms with van der Waals surface area (Å²) < 4.78 is 10.9. The van der Waals surface area contributed by atoms with Crippen molar-refractivity contribution in [2.75, 3.05) is 13.7 Å². The van der Waals surface area contributed by atoms with Crippen LogP contribution in [0.15, 0.2) is 42.5 Å². The Morgan fingerprint density at radius 3 is 2.36 bits per heavy atom. The van der Waals surface area contributed by atoms with Crippen LogP contribution in [0.5, 0.6) is 11.5 Å². The molecule has 0 aliphatic carbocycles. The molecule has 0 unspecified atom stereocenters. The zero-order valence-electron chi connectivity index (χ0n) is 15.1. The molecule has 0 fully saturated rings. The molecule has 0 heterocycles. The number of methoxy groups -OCH3 is 1. The average molecular weight is 340 g/mol. The largest absolute Gasteiger partial charge is 0.496 e. The van der Waals surface area contributed by atoms with Crippen LogP contribution >= 0.6 is 0 Å². The van der Waals surface area contributed by atoms with E-state index in [0.717, 1.165) is 22.6 Å². The molecule has 0 bridgehead atoms. The first-order valence-corrected chi connectivity index (χ1v) is 8.23. The topological polar surface area (TPSA) is 55.8 Å². The van der Waals surface area contributed by atoms with E-state index in [2.05, 4.69) is 13.8 Å². The molecule has 2 aromatic carbocycles. The van der Waals surface area contributed by atoms with Gasteiger partial charge < -0.3 is 14.6 Å². The van der Waals surface area contributed by atoms with Crippen LogP contribution in [0.25, 0.3) is 11.6 Å². The third kappa shape index (κ3) is 5.11.